The van der Waals surface area contributed by atoms with E-state index in [4.69, 9.17) is 14.4 Å². The van der Waals surface area contributed by atoms with Crippen LogP contribution in [0.25, 0.3) is 28.4 Å². The maximum Gasteiger partial charge on any atom is 0.290 e. The van der Waals surface area contributed by atoms with Gasteiger partial charge in [-0.2, -0.15) is 0 Å². The van der Waals surface area contributed by atoms with Gasteiger partial charge in [-0.1, -0.05) is 6.07 Å². The standard InChI is InChI=1S/C27H25N3O3S/c1-14-29-22-9-19(21-3-2-15(13-28-21)7-23-25(31)30-26(32)34-23)8-20(24(22)33-14)27-10-16-4-17(11-27)6-18(5-16)12-27/h2-3,7-9,13,16-18H,4-6,10-12H2,1H3,(H,30,31,32)/b23-7-. The maximum atomic E-state index is 11.8. The number of oxazole rings is 1. The fourth-order valence-electron chi connectivity index (χ4n) is 7.36. The molecule has 0 spiro atoms. The van der Waals surface area contributed by atoms with E-state index in [-0.39, 0.29) is 16.6 Å². The third-order valence-corrected chi connectivity index (χ3v) is 9.04. The van der Waals surface area contributed by atoms with Crippen molar-refractivity contribution in [2.45, 2.75) is 50.9 Å². The van der Waals surface area contributed by atoms with Crippen LogP contribution in [0.5, 0.6) is 0 Å². The smallest absolute Gasteiger partial charge is 0.290 e. The Kier molecular flexibility index (Phi) is 4.38. The molecule has 172 valence electrons. The quantitative estimate of drug-likeness (QED) is 0.472. The minimum Gasteiger partial charge on any atom is -0.441 e. The summed E-state index contributed by atoms with van der Waals surface area (Å²) in [5.74, 6) is 2.88. The van der Waals surface area contributed by atoms with Gasteiger partial charge in [-0.15, -0.1) is 0 Å². The lowest BCUT2D eigenvalue weighted by Gasteiger charge is -2.57. The molecule has 6 nitrogen and oxygen atoms in total. The molecule has 4 aliphatic carbocycles. The van der Waals surface area contributed by atoms with Crippen LogP contribution in [-0.2, 0) is 10.2 Å². The van der Waals surface area contributed by atoms with Crippen LogP contribution in [0, 0.1) is 24.7 Å². The number of rotatable bonds is 3. The number of hydrogen-bond acceptors (Lipinski definition) is 6. The van der Waals surface area contributed by atoms with Crippen molar-refractivity contribution >= 4 is 40.1 Å². The van der Waals surface area contributed by atoms with Gasteiger partial charge in [0, 0.05) is 24.2 Å². The molecule has 0 radical (unpaired) electrons. The van der Waals surface area contributed by atoms with E-state index in [1.54, 1.807) is 12.3 Å². The van der Waals surface area contributed by atoms with Crippen molar-refractivity contribution in [3.63, 3.8) is 0 Å². The topological polar surface area (TPSA) is 85.1 Å². The van der Waals surface area contributed by atoms with Gasteiger partial charge in [-0.05, 0) is 103 Å². The molecule has 1 aliphatic heterocycles. The van der Waals surface area contributed by atoms with Crippen molar-refractivity contribution in [3.05, 3.63) is 52.4 Å². The average Bonchev–Trinajstić information content (AvgIpc) is 3.32. The van der Waals surface area contributed by atoms with Crippen molar-refractivity contribution in [3.8, 4) is 11.3 Å². The number of hydrogen-bond donors (Lipinski definition) is 1. The summed E-state index contributed by atoms with van der Waals surface area (Å²) in [6.07, 6.45) is 11.4. The number of imide groups is 1. The van der Waals surface area contributed by atoms with Gasteiger partial charge >= 0.3 is 0 Å². The van der Waals surface area contributed by atoms with Crippen LogP contribution in [0.3, 0.4) is 0 Å². The van der Waals surface area contributed by atoms with E-state index in [1.807, 2.05) is 19.1 Å². The van der Waals surface area contributed by atoms with E-state index in [0.717, 1.165) is 57.4 Å². The third-order valence-electron chi connectivity index (χ3n) is 8.23. The van der Waals surface area contributed by atoms with Crippen molar-refractivity contribution in [1.82, 2.24) is 15.3 Å². The Labute approximate surface area is 201 Å². The molecule has 0 unspecified atom stereocenters. The molecule has 2 amide bonds. The number of carbonyl (C=O) groups excluding carboxylic acids is 2. The number of thioether (sulfide) groups is 1. The number of amides is 2. The molecule has 1 saturated heterocycles. The Bertz CT molecular complexity index is 1350. The molecule has 7 heteroatoms. The predicted molar refractivity (Wildman–Crippen MR) is 131 cm³/mol. The second kappa shape index (κ2) is 7.28. The van der Waals surface area contributed by atoms with Crippen LogP contribution in [0.1, 0.15) is 55.5 Å². The van der Waals surface area contributed by atoms with Crippen molar-refractivity contribution in [1.29, 1.82) is 0 Å². The van der Waals surface area contributed by atoms with Crippen LogP contribution in [0.4, 0.5) is 4.79 Å². The van der Waals surface area contributed by atoms with Gasteiger partial charge in [-0.3, -0.25) is 19.9 Å². The minimum atomic E-state index is -0.355. The number of carbonyl (C=O) groups is 2. The zero-order chi connectivity index (χ0) is 23.0. The van der Waals surface area contributed by atoms with Crippen molar-refractivity contribution < 1.29 is 14.0 Å². The molecule has 1 aromatic carbocycles. The first-order chi connectivity index (χ1) is 16.4. The van der Waals surface area contributed by atoms with E-state index in [2.05, 4.69) is 17.4 Å². The lowest BCUT2D eigenvalue weighted by Crippen LogP contribution is -2.48. The molecule has 8 rings (SSSR count). The van der Waals surface area contributed by atoms with Crippen LogP contribution < -0.4 is 5.32 Å². The highest BCUT2D eigenvalue weighted by Gasteiger charge is 2.52. The first kappa shape index (κ1) is 20.4. The number of aromatic nitrogens is 2. The zero-order valence-corrected chi connectivity index (χ0v) is 19.8. The molecule has 0 atom stereocenters. The zero-order valence-electron chi connectivity index (χ0n) is 19.0. The molecule has 4 bridgehead atoms. The van der Waals surface area contributed by atoms with Gasteiger partial charge in [0.2, 0.25) is 0 Å². The highest BCUT2D eigenvalue weighted by molar-refractivity contribution is 8.18. The fourth-order valence-corrected chi connectivity index (χ4v) is 8.04. The van der Waals surface area contributed by atoms with E-state index < -0.39 is 0 Å². The van der Waals surface area contributed by atoms with Gasteiger partial charge in [0.1, 0.15) is 5.52 Å². The third kappa shape index (κ3) is 3.24. The fraction of sp³-hybridized carbons (Fsp3) is 0.407. The summed E-state index contributed by atoms with van der Waals surface area (Å²) in [5.41, 5.74) is 6.09. The summed E-state index contributed by atoms with van der Waals surface area (Å²) < 4.78 is 6.18. The number of nitrogens with zero attached hydrogens (tertiary/aromatic N) is 2. The average molecular weight is 472 g/mol. The molecule has 3 heterocycles. The van der Waals surface area contributed by atoms with Gasteiger partial charge in [0.15, 0.2) is 11.5 Å². The molecule has 5 fully saturated rings. The van der Waals surface area contributed by atoms with Gasteiger partial charge in [0.25, 0.3) is 11.1 Å². The van der Waals surface area contributed by atoms with Crippen molar-refractivity contribution in [2.24, 2.45) is 17.8 Å². The Morgan fingerprint density at radius 3 is 2.44 bits per heavy atom. The molecule has 5 aliphatic rings. The minimum absolute atomic E-state index is 0.193. The highest BCUT2D eigenvalue weighted by Crippen LogP contribution is 2.61. The summed E-state index contributed by atoms with van der Waals surface area (Å²) in [6, 6.07) is 8.30. The molecule has 1 N–H and O–H groups in total. The molecule has 2 aromatic heterocycles. The number of fused-ring (bicyclic) bond motifs is 1. The SMILES string of the molecule is Cc1nc2cc(-c3ccc(/C=C4\SC(=O)NC4=O)cn3)cc(C34CC5CC(CC(C5)C3)C4)c2o1. The van der Waals surface area contributed by atoms with Crippen molar-refractivity contribution in [2.75, 3.05) is 0 Å². The number of benzene rings is 1. The Morgan fingerprint density at radius 1 is 1.09 bits per heavy atom. The molecular formula is C27H25N3O3S. The number of nitrogens with one attached hydrogen (secondary N) is 1. The summed E-state index contributed by atoms with van der Waals surface area (Å²) in [6.45, 7) is 1.92. The predicted octanol–water partition coefficient (Wildman–Crippen LogP) is 5.99. The molecular weight excluding hydrogens is 446 g/mol. The van der Waals surface area contributed by atoms with Crippen LogP contribution in [-0.4, -0.2) is 21.1 Å². The van der Waals surface area contributed by atoms with Gasteiger partial charge in [0.05, 0.1) is 10.6 Å². The largest absolute Gasteiger partial charge is 0.441 e. The van der Waals surface area contributed by atoms with Crippen LogP contribution in [0.2, 0.25) is 0 Å². The summed E-state index contributed by atoms with van der Waals surface area (Å²) in [7, 11) is 0. The molecule has 3 aromatic rings. The van der Waals surface area contributed by atoms with Gasteiger partial charge < -0.3 is 4.42 Å². The summed E-state index contributed by atoms with van der Waals surface area (Å²) in [4.78, 5) is 33.1. The van der Waals surface area contributed by atoms with E-state index in [9.17, 15) is 9.59 Å². The Morgan fingerprint density at radius 2 is 1.82 bits per heavy atom. The second-order valence-electron chi connectivity index (χ2n) is 10.6. The van der Waals surface area contributed by atoms with E-state index in [0.29, 0.717) is 10.8 Å². The monoisotopic (exact) mass is 471 g/mol. The molecule has 4 saturated carbocycles. The molecule has 34 heavy (non-hydrogen) atoms. The lowest BCUT2D eigenvalue weighted by atomic mass is 9.48. The van der Waals surface area contributed by atoms with Crippen LogP contribution >= 0.6 is 11.8 Å². The number of aryl methyl sites for hydroxylation is 1. The lowest BCUT2D eigenvalue weighted by molar-refractivity contribution is -0.115. The van der Waals surface area contributed by atoms with Crippen LogP contribution in [0.15, 0.2) is 39.8 Å². The first-order valence-corrected chi connectivity index (χ1v) is 12.9. The highest BCUT2D eigenvalue weighted by atomic mass is 32.2. The normalized spacial score (nSPS) is 31.1. The van der Waals surface area contributed by atoms with Gasteiger partial charge in [-0.25, -0.2) is 4.98 Å². The Hall–Kier alpha value is -2.93. The summed E-state index contributed by atoms with van der Waals surface area (Å²) >= 11 is 0.917. The summed E-state index contributed by atoms with van der Waals surface area (Å²) in [5, 5.41) is 1.95. The van der Waals surface area contributed by atoms with E-state index >= 15 is 0 Å². The second-order valence-corrected chi connectivity index (χ2v) is 11.6. The maximum absolute atomic E-state index is 11.8. The first-order valence-electron chi connectivity index (χ1n) is 12.1. The van der Waals surface area contributed by atoms with E-state index in [1.165, 1.54) is 44.1 Å². The number of pyridine rings is 1. The Balaban J connectivity index is 1.29.